The molecule has 0 fully saturated rings. The van der Waals surface area contributed by atoms with Crippen LogP contribution >= 0.6 is 11.3 Å². The summed E-state index contributed by atoms with van der Waals surface area (Å²) < 4.78 is 5.53. The number of anilines is 3. The Balaban J connectivity index is 1.21. The number of fused-ring (bicyclic) bond motifs is 15. The summed E-state index contributed by atoms with van der Waals surface area (Å²) in [5.74, 6) is 0. The molecule has 4 aliphatic rings. The predicted octanol–water partition coefficient (Wildman–Crippen LogP) is 15.7. The van der Waals surface area contributed by atoms with E-state index in [1.54, 1.807) is 0 Å². The average Bonchev–Trinajstić information content (AvgIpc) is 3.94. The summed E-state index contributed by atoms with van der Waals surface area (Å²) >= 11 is 1.96. The molecule has 2 aliphatic heterocycles. The first-order chi connectivity index (χ1) is 32.2. The Kier molecular flexibility index (Phi) is 7.60. The first-order valence-electron chi connectivity index (χ1n) is 24.2. The minimum Gasteiger partial charge on any atom is -0.374 e. The Labute approximate surface area is 398 Å². The molecule has 0 N–H and O–H groups in total. The van der Waals surface area contributed by atoms with Crippen molar-refractivity contribution < 1.29 is 0 Å². The molecule has 10 aromatic rings. The zero-order valence-electron chi connectivity index (χ0n) is 39.9. The van der Waals surface area contributed by atoms with Crippen LogP contribution in [0.25, 0.3) is 64.6 Å². The molecule has 8 aromatic carbocycles. The first-order valence-corrected chi connectivity index (χ1v) is 25.0. The molecule has 0 atom stereocenters. The van der Waals surface area contributed by atoms with Gasteiger partial charge in [0.15, 0.2) is 0 Å². The van der Waals surface area contributed by atoms with Gasteiger partial charge in [0.1, 0.15) is 0 Å². The molecule has 2 aromatic heterocycles. The minimum absolute atomic E-state index is 0.0325. The molecule has 4 heteroatoms. The maximum absolute atomic E-state index is 2.81. The molecule has 324 valence electrons. The lowest BCUT2D eigenvalue weighted by atomic mass is 9.43. The minimum atomic E-state index is -0.233. The molecule has 0 bridgehead atoms. The van der Waals surface area contributed by atoms with Crippen molar-refractivity contribution in [3.8, 4) is 33.4 Å². The molecule has 14 rings (SSSR count). The third-order valence-corrected chi connectivity index (χ3v) is 17.9. The van der Waals surface area contributed by atoms with E-state index in [9.17, 15) is 0 Å². The highest BCUT2D eigenvalue weighted by Crippen LogP contribution is 2.59. The number of aromatic nitrogens is 1. The highest BCUT2D eigenvalue weighted by atomic mass is 32.1. The van der Waals surface area contributed by atoms with E-state index in [0.29, 0.717) is 0 Å². The summed E-state index contributed by atoms with van der Waals surface area (Å²) in [5.41, 5.74) is 26.3. The Hall–Kier alpha value is -6.62. The molecule has 0 saturated heterocycles. The van der Waals surface area contributed by atoms with Crippen molar-refractivity contribution in [2.24, 2.45) is 0 Å². The molecule has 0 radical (unpaired) electrons. The largest absolute Gasteiger partial charge is 0.374 e. The van der Waals surface area contributed by atoms with Crippen LogP contribution in [-0.4, -0.2) is 11.3 Å². The van der Waals surface area contributed by atoms with Crippen LogP contribution in [0.3, 0.4) is 0 Å². The van der Waals surface area contributed by atoms with E-state index >= 15 is 0 Å². The number of para-hydroxylation sites is 1. The molecule has 4 heterocycles. The van der Waals surface area contributed by atoms with Crippen molar-refractivity contribution in [1.82, 2.24) is 4.48 Å². The lowest BCUT2D eigenvalue weighted by Crippen LogP contribution is -2.58. The molecule has 0 unspecified atom stereocenters. The summed E-state index contributed by atoms with van der Waals surface area (Å²) in [4.78, 5) is 2.72. The number of nitrogens with zero attached hydrogens (tertiary/aromatic N) is 2. The van der Waals surface area contributed by atoms with Crippen molar-refractivity contribution in [1.29, 1.82) is 0 Å². The van der Waals surface area contributed by atoms with E-state index in [4.69, 9.17) is 0 Å². The fraction of sp³-hybridized carbons (Fsp3) is 0.206. The average molecular weight is 881 g/mol. The number of benzene rings is 8. The maximum Gasteiger partial charge on any atom is 0.333 e. The molecule has 0 amide bonds. The Morgan fingerprint density at radius 1 is 0.478 bits per heavy atom. The topological polar surface area (TPSA) is 8.17 Å². The quantitative estimate of drug-likeness (QED) is 0.157. The molecule has 0 spiro atoms. The number of hydrogen-bond donors (Lipinski definition) is 0. The molecular weight excluding hydrogens is 828 g/mol. The van der Waals surface area contributed by atoms with E-state index < -0.39 is 0 Å². The van der Waals surface area contributed by atoms with Crippen molar-refractivity contribution in [3.05, 3.63) is 197 Å². The van der Waals surface area contributed by atoms with Crippen molar-refractivity contribution in [3.63, 3.8) is 0 Å². The van der Waals surface area contributed by atoms with Crippen LogP contribution in [0, 0.1) is 0 Å². The van der Waals surface area contributed by atoms with E-state index in [0.717, 1.165) is 0 Å². The van der Waals surface area contributed by atoms with E-state index in [1.165, 1.54) is 132 Å². The van der Waals surface area contributed by atoms with Crippen LogP contribution in [0.1, 0.15) is 101 Å². The van der Waals surface area contributed by atoms with E-state index in [1.807, 2.05) is 11.3 Å². The van der Waals surface area contributed by atoms with Crippen LogP contribution in [0.2, 0.25) is 0 Å². The first kappa shape index (κ1) is 39.5. The van der Waals surface area contributed by atoms with Gasteiger partial charge >= 0.3 is 6.85 Å². The van der Waals surface area contributed by atoms with Crippen LogP contribution in [0.5, 0.6) is 0 Å². The van der Waals surface area contributed by atoms with Gasteiger partial charge in [0.2, 0.25) is 0 Å². The van der Waals surface area contributed by atoms with Gasteiger partial charge in [-0.05, 0) is 108 Å². The van der Waals surface area contributed by atoms with Gasteiger partial charge in [0.25, 0.3) is 0 Å². The summed E-state index contributed by atoms with van der Waals surface area (Å²) in [6, 6.07) is 61.2. The van der Waals surface area contributed by atoms with Gasteiger partial charge in [0.05, 0.1) is 15.9 Å². The van der Waals surface area contributed by atoms with Crippen molar-refractivity contribution in [2.75, 3.05) is 4.90 Å². The SMILES string of the molecule is CC(C)(C)c1ccc(N2c3cc4c(cc3B3c5c2cc2c(c5-c5cccc6c7sc8ccccc8c7n3c56)C(C)(C)c3ccccc3-2)C(C)(C)c2ccccc2C4(C)C)c(-c2ccccc2)c1. The molecule has 2 aliphatic carbocycles. The molecule has 2 nitrogen and oxygen atoms in total. The molecule has 67 heavy (non-hydrogen) atoms. The molecule has 0 saturated carbocycles. The van der Waals surface area contributed by atoms with Crippen LogP contribution in [0.4, 0.5) is 17.1 Å². The van der Waals surface area contributed by atoms with Gasteiger partial charge in [-0.1, -0.05) is 190 Å². The van der Waals surface area contributed by atoms with Gasteiger partial charge in [-0.3, -0.25) is 0 Å². The fourth-order valence-electron chi connectivity index (χ4n) is 13.5. The summed E-state index contributed by atoms with van der Waals surface area (Å²) in [6.07, 6.45) is 0. The summed E-state index contributed by atoms with van der Waals surface area (Å²) in [5, 5.41) is 2.69. The second-order valence-corrected chi connectivity index (χ2v) is 23.5. The van der Waals surface area contributed by atoms with Gasteiger partial charge < -0.3 is 9.38 Å². The molecular formula is C63H53BN2S. The Morgan fingerprint density at radius 3 is 1.87 bits per heavy atom. The number of rotatable bonds is 2. The second kappa shape index (κ2) is 12.9. The Morgan fingerprint density at radius 2 is 1.12 bits per heavy atom. The fourth-order valence-corrected chi connectivity index (χ4v) is 14.7. The third kappa shape index (κ3) is 4.92. The summed E-state index contributed by atoms with van der Waals surface area (Å²) in [7, 11) is 0. The highest BCUT2D eigenvalue weighted by molar-refractivity contribution is 7.27. The monoisotopic (exact) mass is 880 g/mol. The second-order valence-electron chi connectivity index (χ2n) is 22.5. The standard InChI is InChI=1S/C63H53BN2S/c1-60(2,3)37-30-31-50(42(32-37)36-20-11-10-12-21-36)65-51-35-48-47(61(4,5)45-27-16-17-28-46(45)62(48,6)7)34-49(51)64-56-52(65)33-43-38-22-13-15-26-44(38)63(8,9)55(43)54(56)40-24-19-25-41-57(40)66(64)58-39-23-14-18-29-53(39)67-59(41)58/h10-35H,1-9H3. The lowest BCUT2D eigenvalue weighted by molar-refractivity contribution is 0.521. The maximum atomic E-state index is 2.81. The van der Waals surface area contributed by atoms with Gasteiger partial charge in [-0.15, -0.1) is 11.3 Å². The van der Waals surface area contributed by atoms with Crippen molar-refractivity contribution in [2.45, 2.75) is 84.0 Å². The van der Waals surface area contributed by atoms with Gasteiger partial charge in [-0.25, -0.2) is 0 Å². The highest BCUT2D eigenvalue weighted by Gasteiger charge is 2.51. The predicted molar refractivity (Wildman–Crippen MR) is 288 cm³/mol. The smallest absolute Gasteiger partial charge is 0.333 e. The zero-order chi connectivity index (χ0) is 45.7. The van der Waals surface area contributed by atoms with E-state index in [2.05, 4.69) is 229 Å². The number of thiophene rings is 1. The van der Waals surface area contributed by atoms with Crippen LogP contribution in [-0.2, 0) is 21.7 Å². The van der Waals surface area contributed by atoms with Gasteiger partial charge in [-0.2, -0.15) is 0 Å². The zero-order valence-corrected chi connectivity index (χ0v) is 40.7. The lowest BCUT2D eigenvalue weighted by Gasteiger charge is -2.47. The number of hydrogen-bond acceptors (Lipinski definition) is 2. The Bertz CT molecular complexity index is 3830. The van der Waals surface area contributed by atoms with Gasteiger partial charge in [0, 0.05) is 59.7 Å². The summed E-state index contributed by atoms with van der Waals surface area (Å²) in [6.45, 7) is 21.7. The van der Waals surface area contributed by atoms with Crippen LogP contribution in [0.15, 0.2) is 158 Å². The van der Waals surface area contributed by atoms with Crippen LogP contribution < -0.4 is 15.8 Å². The third-order valence-electron chi connectivity index (χ3n) is 16.7. The van der Waals surface area contributed by atoms with Crippen molar-refractivity contribution >= 4 is 77.4 Å². The normalized spacial score (nSPS) is 16.4. The van der Waals surface area contributed by atoms with E-state index in [-0.39, 0.29) is 28.5 Å².